The van der Waals surface area contributed by atoms with Crippen molar-refractivity contribution in [3.8, 4) is 11.5 Å². The lowest BCUT2D eigenvalue weighted by atomic mass is 10.2. The fourth-order valence-corrected chi connectivity index (χ4v) is 1.88. The number of esters is 1. The molecule has 0 heterocycles. The van der Waals surface area contributed by atoms with E-state index in [1.54, 1.807) is 19.1 Å². The number of hydrazone groups is 1. The molecule has 0 unspecified atom stereocenters. The third-order valence-corrected chi connectivity index (χ3v) is 2.55. The van der Waals surface area contributed by atoms with Crippen LogP contribution in [0.5, 0.6) is 11.5 Å². The van der Waals surface area contributed by atoms with Gasteiger partial charge in [-0.1, -0.05) is 0 Å². The van der Waals surface area contributed by atoms with Crippen molar-refractivity contribution in [2.24, 2.45) is 10.8 Å². The molecule has 1 aromatic carbocycles. The number of nitrogens with one attached hydrogen (secondary N) is 1. The van der Waals surface area contributed by atoms with Gasteiger partial charge >= 0.3 is 12.0 Å². The van der Waals surface area contributed by atoms with Crippen molar-refractivity contribution >= 4 is 34.1 Å². The lowest BCUT2D eigenvalue weighted by molar-refractivity contribution is -0.132. The number of amides is 2. The highest BCUT2D eigenvalue weighted by Crippen LogP contribution is 2.36. The third-order valence-electron chi connectivity index (χ3n) is 1.97. The number of rotatable bonds is 5. The number of carbonyl (C=O) groups is 2. The van der Waals surface area contributed by atoms with E-state index >= 15 is 0 Å². The maximum absolute atomic E-state index is 11.1. The molecule has 3 N–H and O–H groups in total. The second-order valence-corrected chi connectivity index (χ2v) is 4.45. The summed E-state index contributed by atoms with van der Waals surface area (Å²) < 4.78 is 11.0. The van der Waals surface area contributed by atoms with Crippen LogP contribution >= 0.6 is 15.9 Å². The summed E-state index contributed by atoms with van der Waals surface area (Å²) in [5.74, 6) is 0.223. The van der Waals surface area contributed by atoms with Crippen molar-refractivity contribution in [2.75, 3.05) is 6.61 Å². The zero-order chi connectivity index (χ0) is 15.1. The van der Waals surface area contributed by atoms with Crippen molar-refractivity contribution in [2.45, 2.75) is 13.8 Å². The second kappa shape index (κ2) is 7.49. The summed E-state index contributed by atoms with van der Waals surface area (Å²) in [6, 6.07) is 2.52. The molecule has 0 fully saturated rings. The van der Waals surface area contributed by atoms with E-state index in [0.717, 1.165) is 0 Å². The molecule has 8 heteroatoms. The average molecular weight is 344 g/mol. The van der Waals surface area contributed by atoms with Crippen LogP contribution in [-0.4, -0.2) is 24.8 Å². The van der Waals surface area contributed by atoms with Crippen LogP contribution in [0, 0.1) is 0 Å². The van der Waals surface area contributed by atoms with Crippen LogP contribution < -0.4 is 20.6 Å². The van der Waals surface area contributed by atoms with Gasteiger partial charge in [-0.15, -0.1) is 0 Å². The summed E-state index contributed by atoms with van der Waals surface area (Å²) in [5, 5.41) is 3.64. The largest absolute Gasteiger partial charge is 0.490 e. The molecule has 0 aliphatic rings. The number of primary amides is 1. The van der Waals surface area contributed by atoms with Crippen LogP contribution in [0.4, 0.5) is 4.79 Å². The van der Waals surface area contributed by atoms with Gasteiger partial charge < -0.3 is 15.2 Å². The molecule has 0 spiro atoms. The van der Waals surface area contributed by atoms with E-state index in [-0.39, 0.29) is 0 Å². The Morgan fingerprint density at radius 2 is 2.20 bits per heavy atom. The Morgan fingerprint density at radius 1 is 1.50 bits per heavy atom. The van der Waals surface area contributed by atoms with Gasteiger partial charge in [0.2, 0.25) is 0 Å². The molecule has 0 bridgehead atoms. The third kappa shape index (κ3) is 4.88. The molecule has 2 amide bonds. The predicted molar refractivity (Wildman–Crippen MR) is 76.9 cm³/mol. The molecule has 0 atom stereocenters. The quantitative estimate of drug-likeness (QED) is 0.368. The Bertz CT molecular complexity index is 546. The lowest BCUT2D eigenvalue weighted by Crippen LogP contribution is -2.24. The van der Waals surface area contributed by atoms with E-state index in [1.807, 2.05) is 0 Å². The number of ether oxygens (including phenoxy) is 2. The van der Waals surface area contributed by atoms with Crippen LogP contribution in [-0.2, 0) is 4.79 Å². The zero-order valence-electron chi connectivity index (χ0n) is 11.0. The van der Waals surface area contributed by atoms with Gasteiger partial charge in [0.05, 0.1) is 17.3 Å². The standard InChI is InChI=1S/C12H14BrN3O4/c1-3-19-10-5-8(6-15-16-12(14)18)4-9(13)11(10)20-7(2)17/h4-6H,3H2,1-2H3,(H3,14,16,18)/b15-6+. The first kappa shape index (κ1) is 16.0. The number of hydrogen-bond acceptors (Lipinski definition) is 5. The lowest BCUT2D eigenvalue weighted by Gasteiger charge is -2.12. The molecule has 7 nitrogen and oxygen atoms in total. The summed E-state index contributed by atoms with van der Waals surface area (Å²) in [6.45, 7) is 3.51. The van der Waals surface area contributed by atoms with E-state index in [9.17, 15) is 9.59 Å². The number of carbonyl (C=O) groups excluding carboxylic acids is 2. The number of nitrogens with two attached hydrogens (primary N) is 1. The van der Waals surface area contributed by atoms with Crippen LogP contribution in [0.25, 0.3) is 0 Å². The van der Waals surface area contributed by atoms with Gasteiger partial charge in [0.25, 0.3) is 0 Å². The summed E-state index contributed by atoms with van der Waals surface area (Å²) >= 11 is 3.29. The van der Waals surface area contributed by atoms with Gasteiger partial charge in [-0.05, 0) is 40.5 Å². The van der Waals surface area contributed by atoms with Crippen LogP contribution in [0.15, 0.2) is 21.7 Å². The fraction of sp³-hybridized carbons (Fsp3) is 0.250. The van der Waals surface area contributed by atoms with Gasteiger partial charge in [-0.25, -0.2) is 10.2 Å². The summed E-state index contributed by atoms with van der Waals surface area (Å²) in [4.78, 5) is 21.6. The van der Waals surface area contributed by atoms with Crippen LogP contribution in [0.2, 0.25) is 0 Å². The Morgan fingerprint density at radius 3 is 2.75 bits per heavy atom. The van der Waals surface area contributed by atoms with Crippen molar-refractivity contribution in [1.82, 2.24) is 5.43 Å². The molecule has 1 rings (SSSR count). The molecule has 20 heavy (non-hydrogen) atoms. The van der Waals surface area contributed by atoms with Crippen molar-refractivity contribution in [3.05, 3.63) is 22.2 Å². The molecule has 0 radical (unpaired) electrons. The highest BCUT2D eigenvalue weighted by Gasteiger charge is 2.13. The monoisotopic (exact) mass is 343 g/mol. The number of halogens is 1. The molecular formula is C12H14BrN3O4. The van der Waals surface area contributed by atoms with Crippen molar-refractivity contribution in [3.63, 3.8) is 0 Å². The van der Waals surface area contributed by atoms with Gasteiger partial charge in [0.1, 0.15) is 0 Å². The zero-order valence-corrected chi connectivity index (χ0v) is 12.6. The minimum atomic E-state index is -0.762. The van der Waals surface area contributed by atoms with Gasteiger partial charge in [0.15, 0.2) is 11.5 Å². The molecule has 108 valence electrons. The van der Waals surface area contributed by atoms with E-state index < -0.39 is 12.0 Å². The van der Waals surface area contributed by atoms with Crippen molar-refractivity contribution in [1.29, 1.82) is 0 Å². The Balaban J connectivity index is 3.08. The number of hydrogen-bond donors (Lipinski definition) is 2. The molecular weight excluding hydrogens is 330 g/mol. The number of benzene rings is 1. The van der Waals surface area contributed by atoms with E-state index in [1.165, 1.54) is 13.1 Å². The van der Waals surface area contributed by atoms with Crippen LogP contribution in [0.3, 0.4) is 0 Å². The molecule has 1 aromatic rings. The average Bonchev–Trinajstić information content (AvgIpc) is 2.33. The first-order chi connectivity index (χ1) is 9.43. The first-order valence-corrected chi connectivity index (χ1v) is 6.46. The smallest absolute Gasteiger partial charge is 0.332 e. The number of nitrogens with zero attached hydrogens (tertiary/aromatic N) is 1. The molecule has 0 saturated heterocycles. The summed E-state index contributed by atoms with van der Waals surface area (Å²) in [6.07, 6.45) is 1.38. The minimum Gasteiger partial charge on any atom is -0.490 e. The molecule has 0 saturated carbocycles. The molecule has 0 aromatic heterocycles. The van der Waals surface area contributed by atoms with E-state index in [0.29, 0.717) is 28.1 Å². The fourth-order valence-electron chi connectivity index (χ4n) is 1.34. The number of urea groups is 1. The van der Waals surface area contributed by atoms with E-state index in [2.05, 4.69) is 26.5 Å². The SMILES string of the molecule is CCOc1cc(/C=N/NC(N)=O)cc(Br)c1OC(C)=O. The predicted octanol–water partition coefficient (Wildman–Crippen LogP) is 1.78. The van der Waals surface area contributed by atoms with Crippen molar-refractivity contribution < 1.29 is 19.1 Å². The van der Waals surface area contributed by atoms with Gasteiger partial charge in [0, 0.05) is 6.92 Å². The Labute approximate surface area is 124 Å². The molecule has 0 aliphatic carbocycles. The topological polar surface area (TPSA) is 103 Å². The maximum atomic E-state index is 11.1. The Hall–Kier alpha value is -2.09. The highest BCUT2D eigenvalue weighted by molar-refractivity contribution is 9.10. The van der Waals surface area contributed by atoms with Gasteiger partial charge in [-0.3, -0.25) is 4.79 Å². The maximum Gasteiger partial charge on any atom is 0.332 e. The van der Waals surface area contributed by atoms with Crippen LogP contribution in [0.1, 0.15) is 19.4 Å². The highest BCUT2D eigenvalue weighted by atomic mass is 79.9. The summed E-state index contributed by atoms with van der Waals surface area (Å²) in [7, 11) is 0. The Kier molecular flexibility index (Phi) is 5.98. The minimum absolute atomic E-state index is 0.291. The van der Waals surface area contributed by atoms with Gasteiger partial charge in [-0.2, -0.15) is 5.10 Å². The second-order valence-electron chi connectivity index (χ2n) is 3.59. The first-order valence-electron chi connectivity index (χ1n) is 5.67. The summed E-state index contributed by atoms with van der Waals surface area (Å²) in [5.41, 5.74) is 7.60. The molecule has 0 aliphatic heterocycles. The van der Waals surface area contributed by atoms with E-state index in [4.69, 9.17) is 15.2 Å². The normalized spacial score (nSPS) is 10.3.